The van der Waals surface area contributed by atoms with Crippen molar-refractivity contribution in [3.63, 3.8) is 0 Å². The van der Waals surface area contributed by atoms with E-state index in [1.54, 1.807) is 0 Å². The third-order valence-corrected chi connectivity index (χ3v) is 18.1. The molecule has 2 nitrogen and oxygen atoms in total. The lowest BCUT2D eigenvalue weighted by Gasteiger charge is -2.48. The summed E-state index contributed by atoms with van der Waals surface area (Å²) >= 11 is 0. The Hall–Kier alpha value is -5.80. The molecule has 7 aromatic carbocycles. The van der Waals surface area contributed by atoms with Crippen molar-refractivity contribution in [2.45, 2.75) is 175 Å². The van der Waals surface area contributed by atoms with E-state index in [9.17, 15) is 0 Å². The van der Waals surface area contributed by atoms with Crippen LogP contribution in [0.3, 0.4) is 0 Å². The lowest BCUT2D eigenvalue weighted by molar-refractivity contribution is 0.332. The fraction of sp³-hybridized carbons (Fsp3) is 0.391. The highest BCUT2D eigenvalue weighted by molar-refractivity contribution is 7.00. The topological polar surface area (TPSA) is 6.48 Å². The molecular formula is C69H79BN2. The summed E-state index contributed by atoms with van der Waals surface area (Å²) in [6.07, 6.45) is 4.71. The molecule has 2 aliphatic carbocycles. The van der Waals surface area contributed by atoms with Crippen LogP contribution in [0, 0.1) is 0 Å². The van der Waals surface area contributed by atoms with Gasteiger partial charge < -0.3 is 9.80 Å². The van der Waals surface area contributed by atoms with E-state index >= 15 is 0 Å². The van der Waals surface area contributed by atoms with Crippen LogP contribution in [0.4, 0.5) is 34.1 Å². The first-order valence-corrected chi connectivity index (χ1v) is 27.3. The van der Waals surface area contributed by atoms with E-state index in [0.717, 1.165) is 0 Å². The second kappa shape index (κ2) is 16.4. The van der Waals surface area contributed by atoms with Crippen LogP contribution in [-0.2, 0) is 32.5 Å². The number of benzene rings is 7. The van der Waals surface area contributed by atoms with E-state index in [2.05, 4.69) is 254 Å². The van der Waals surface area contributed by atoms with E-state index < -0.39 is 0 Å². The lowest BCUT2D eigenvalue weighted by atomic mass is 9.33. The van der Waals surface area contributed by atoms with Crippen LogP contribution >= 0.6 is 0 Å². The fourth-order valence-electron chi connectivity index (χ4n) is 13.1. The van der Waals surface area contributed by atoms with Gasteiger partial charge in [0, 0.05) is 39.6 Å². The van der Waals surface area contributed by atoms with E-state index in [0.29, 0.717) is 0 Å². The van der Waals surface area contributed by atoms with Crippen LogP contribution in [0.2, 0.25) is 0 Å². The number of rotatable bonds is 5. The summed E-state index contributed by atoms with van der Waals surface area (Å²) in [5.74, 6) is 0.286. The number of hydrogen-bond acceptors (Lipinski definition) is 2. The van der Waals surface area contributed by atoms with Crippen LogP contribution in [-0.4, -0.2) is 6.71 Å². The van der Waals surface area contributed by atoms with Crippen molar-refractivity contribution in [1.82, 2.24) is 0 Å². The molecule has 0 amide bonds. The van der Waals surface area contributed by atoms with Crippen LogP contribution in [0.15, 0.2) is 133 Å². The predicted octanol–water partition coefficient (Wildman–Crippen LogP) is 17.5. The molecule has 3 heteroatoms. The average Bonchev–Trinajstić information content (AvgIpc) is 3.33. The molecule has 2 aliphatic heterocycles. The molecule has 0 saturated carbocycles. The molecule has 72 heavy (non-hydrogen) atoms. The largest absolute Gasteiger partial charge is 0.311 e. The van der Waals surface area contributed by atoms with Gasteiger partial charge in [-0.25, -0.2) is 0 Å². The minimum atomic E-state index is -0.0863. The van der Waals surface area contributed by atoms with Crippen LogP contribution < -0.4 is 26.2 Å². The van der Waals surface area contributed by atoms with Gasteiger partial charge in [-0.3, -0.25) is 0 Å². The van der Waals surface area contributed by atoms with Crippen molar-refractivity contribution in [2.75, 3.05) is 9.80 Å². The highest BCUT2D eigenvalue weighted by Gasteiger charge is 2.48. The summed E-state index contributed by atoms with van der Waals surface area (Å²) < 4.78 is 0. The van der Waals surface area contributed by atoms with Crippen molar-refractivity contribution in [3.8, 4) is 22.3 Å². The third-order valence-electron chi connectivity index (χ3n) is 18.1. The maximum absolute atomic E-state index is 2.75. The minimum Gasteiger partial charge on any atom is -0.311 e. The summed E-state index contributed by atoms with van der Waals surface area (Å²) in [6, 6.07) is 53.2. The van der Waals surface area contributed by atoms with Gasteiger partial charge in [-0.15, -0.1) is 0 Å². The average molecular weight is 947 g/mol. The summed E-state index contributed by atoms with van der Waals surface area (Å²) in [7, 11) is 0. The molecule has 0 spiro atoms. The maximum Gasteiger partial charge on any atom is 0.252 e. The van der Waals surface area contributed by atoms with Crippen molar-refractivity contribution in [1.29, 1.82) is 0 Å². The van der Waals surface area contributed by atoms with E-state index in [1.807, 2.05) is 0 Å². The molecule has 0 N–H and O–H groups in total. The second-order valence-electron chi connectivity index (χ2n) is 27.4. The molecule has 0 saturated heterocycles. The molecule has 368 valence electrons. The Labute approximate surface area is 434 Å². The predicted molar refractivity (Wildman–Crippen MR) is 313 cm³/mol. The van der Waals surface area contributed by atoms with E-state index in [4.69, 9.17) is 0 Å². The van der Waals surface area contributed by atoms with E-state index in [-0.39, 0.29) is 45.1 Å². The molecule has 0 atom stereocenters. The number of hydrogen-bond donors (Lipinski definition) is 0. The highest BCUT2D eigenvalue weighted by atomic mass is 15.2. The van der Waals surface area contributed by atoms with Crippen molar-refractivity contribution in [2.24, 2.45) is 0 Å². The van der Waals surface area contributed by atoms with Gasteiger partial charge >= 0.3 is 0 Å². The first-order chi connectivity index (χ1) is 33.8. The van der Waals surface area contributed by atoms with Crippen LogP contribution in [0.1, 0.15) is 181 Å². The molecule has 7 aromatic rings. The van der Waals surface area contributed by atoms with Gasteiger partial charge in [0.2, 0.25) is 0 Å². The Bertz CT molecular complexity index is 3240. The van der Waals surface area contributed by atoms with Gasteiger partial charge in [-0.2, -0.15) is 0 Å². The molecule has 0 fully saturated rings. The van der Waals surface area contributed by atoms with Crippen molar-refractivity contribution in [3.05, 3.63) is 172 Å². The zero-order chi connectivity index (χ0) is 51.2. The maximum atomic E-state index is 2.75. The molecule has 0 radical (unpaired) electrons. The number of fused-ring (bicyclic) bond motifs is 6. The minimum absolute atomic E-state index is 0.0102. The zero-order valence-electron chi connectivity index (χ0n) is 46.6. The first-order valence-electron chi connectivity index (χ1n) is 27.3. The molecule has 0 bridgehead atoms. The van der Waals surface area contributed by atoms with Crippen LogP contribution in [0.25, 0.3) is 22.3 Å². The highest BCUT2D eigenvalue weighted by Crippen LogP contribution is 2.55. The lowest BCUT2D eigenvalue weighted by Crippen LogP contribution is -2.62. The van der Waals surface area contributed by atoms with Gasteiger partial charge in [0.1, 0.15) is 0 Å². The number of anilines is 6. The van der Waals surface area contributed by atoms with Crippen molar-refractivity contribution < 1.29 is 0 Å². The summed E-state index contributed by atoms with van der Waals surface area (Å²) in [5.41, 5.74) is 27.0. The van der Waals surface area contributed by atoms with Gasteiger partial charge in [-0.1, -0.05) is 196 Å². The Kier molecular flexibility index (Phi) is 11.0. The van der Waals surface area contributed by atoms with Gasteiger partial charge in [0.05, 0.1) is 5.69 Å². The molecule has 11 rings (SSSR count). The number of nitrogens with zero attached hydrogens (tertiary/aromatic N) is 2. The monoisotopic (exact) mass is 947 g/mol. The second-order valence-corrected chi connectivity index (χ2v) is 27.4. The molecule has 0 unspecified atom stereocenters. The van der Waals surface area contributed by atoms with Gasteiger partial charge in [0.15, 0.2) is 0 Å². The molecular weight excluding hydrogens is 868 g/mol. The smallest absolute Gasteiger partial charge is 0.252 e. The Morgan fingerprint density at radius 2 is 0.903 bits per heavy atom. The quantitative estimate of drug-likeness (QED) is 0.159. The fourth-order valence-corrected chi connectivity index (χ4v) is 13.1. The Morgan fingerprint density at radius 1 is 0.431 bits per heavy atom. The molecule has 4 aliphatic rings. The first kappa shape index (κ1) is 48.5. The third kappa shape index (κ3) is 7.73. The summed E-state index contributed by atoms with van der Waals surface area (Å²) in [6.45, 7) is 38.9. The standard InChI is InChI=1S/C69H79BN2/c1-43(2)46-35-60-62-61(36-46)72(63-50(44-23-19-17-20-24-44)37-48(65(6,7)8)38-51(63)45-25-21-18-22-26-45)58-39-47(64(3,4)5)27-30-56(58)70(62)57-41-54-55(69(15,16)34-33-68(54,13)14)42-59(57)71(60)49-28-29-52-53(40-49)67(11,12)32-31-66(52,9)10/h17-30,35-43H,31-34H2,1-16H3. The van der Waals surface area contributed by atoms with Gasteiger partial charge in [-0.05, 0) is 179 Å². The Balaban J connectivity index is 1.33. The SMILES string of the molecule is CC(C)c1cc2c3c(c1)N(c1c(-c4ccccc4)cc(C(C)(C)C)cc1-c1ccccc1)c1cc(C(C)(C)C)ccc1B3c1cc3c(cc1N2c1ccc2c(c1)C(C)(C)CCC2(C)C)C(C)(C)CCC3(C)C. The zero-order valence-corrected chi connectivity index (χ0v) is 46.6. The molecule has 2 heterocycles. The normalized spacial score (nSPS) is 18.0. The summed E-state index contributed by atoms with van der Waals surface area (Å²) in [5, 5.41) is 0. The Morgan fingerprint density at radius 3 is 1.42 bits per heavy atom. The molecule has 0 aromatic heterocycles. The van der Waals surface area contributed by atoms with Crippen LogP contribution in [0.5, 0.6) is 0 Å². The van der Waals surface area contributed by atoms with Crippen molar-refractivity contribution >= 4 is 57.2 Å². The summed E-state index contributed by atoms with van der Waals surface area (Å²) in [4.78, 5) is 5.48. The van der Waals surface area contributed by atoms with Gasteiger partial charge in [0.25, 0.3) is 6.71 Å². The van der Waals surface area contributed by atoms with E-state index in [1.165, 1.54) is 137 Å².